The van der Waals surface area contributed by atoms with Gasteiger partial charge in [-0.3, -0.25) is 4.79 Å². The summed E-state index contributed by atoms with van der Waals surface area (Å²) in [6.07, 6.45) is 0.396. The van der Waals surface area contributed by atoms with Crippen LogP contribution in [0.3, 0.4) is 0 Å². The van der Waals surface area contributed by atoms with Gasteiger partial charge in [0.15, 0.2) is 28.0 Å². The Kier molecular flexibility index (Phi) is 6.16. The van der Waals surface area contributed by atoms with E-state index >= 15 is 0 Å². The number of benzene rings is 2. The highest BCUT2D eigenvalue weighted by Gasteiger charge is 2.34. The molecule has 0 saturated carbocycles. The van der Waals surface area contributed by atoms with Crippen molar-refractivity contribution < 1.29 is 22.3 Å². The Hall–Kier alpha value is -1.93. The van der Waals surface area contributed by atoms with Crippen molar-refractivity contribution >= 4 is 31.7 Å². The van der Waals surface area contributed by atoms with E-state index in [1.807, 2.05) is 30.3 Å². The van der Waals surface area contributed by atoms with Gasteiger partial charge < -0.3 is 9.64 Å². The molecule has 0 unspecified atom stereocenters. The van der Waals surface area contributed by atoms with Crippen LogP contribution in [-0.4, -0.2) is 43.4 Å². The van der Waals surface area contributed by atoms with Gasteiger partial charge in [-0.1, -0.05) is 46.3 Å². The lowest BCUT2D eigenvalue weighted by Crippen LogP contribution is -2.43. The molecule has 27 heavy (non-hydrogen) atoms. The summed E-state index contributed by atoms with van der Waals surface area (Å²) in [5.74, 6) is -0.958. The van der Waals surface area contributed by atoms with Crippen molar-refractivity contribution in [1.82, 2.24) is 4.90 Å². The molecule has 0 aliphatic carbocycles. The zero-order chi connectivity index (χ0) is 19.4. The normalized spacial score (nSPS) is 18.2. The quantitative estimate of drug-likeness (QED) is 0.670. The number of sulfone groups is 1. The molecule has 1 atom stereocenters. The minimum atomic E-state index is -3.14. The van der Waals surface area contributed by atoms with Crippen LogP contribution in [0, 0.1) is 5.82 Å². The Labute approximate surface area is 166 Å². The molecule has 0 spiro atoms. The molecule has 1 fully saturated rings. The summed E-state index contributed by atoms with van der Waals surface area (Å²) in [6.45, 7) is -0.0754. The standard InChI is InChI=1S/C19H19BrFNO4S/c20-15-6-7-18(17(21)10-15)26-12-19(23)22(11-14-4-2-1-3-5-14)16-8-9-27(24,25)13-16/h1-7,10,16H,8-9,11-13H2/t16-/m0/s1. The van der Waals surface area contributed by atoms with E-state index in [1.165, 1.54) is 17.0 Å². The molecule has 2 aromatic rings. The van der Waals surface area contributed by atoms with Gasteiger partial charge in [0.05, 0.1) is 11.5 Å². The van der Waals surface area contributed by atoms with E-state index in [0.29, 0.717) is 10.9 Å². The van der Waals surface area contributed by atoms with Gasteiger partial charge in [0, 0.05) is 17.1 Å². The van der Waals surface area contributed by atoms with Crippen molar-refractivity contribution in [3.63, 3.8) is 0 Å². The summed E-state index contributed by atoms with van der Waals surface area (Å²) in [7, 11) is -3.14. The smallest absolute Gasteiger partial charge is 0.261 e. The summed E-state index contributed by atoms with van der Waals surface area (Å²) in [6, 6.07) is 13.2. The van der Waals surface area contributed by atoms with E-state index in [2.05, 4.69) is 15.9 Å². The largest absolute Gasteiger partial charge is 0.481 e. The monoisotopic (exact) mass is 455 g/mol. The van der Waals surface area contributed by atoms with Crippen LogP contribution < -0.4 is 4.74 Å². The second-order valence-electron chi connectivity index (χ2n) is 6.43. The first kappa shape index (κ1) is 19.8. The highest BCUT2D eigenvalue weighted by molar-refractivity contribution is 9.10. The van der Waals surface area contributed by atoms with Crippen molar-refractivity contribution in [3.8, 4) is 5.75 Å². The lowest BCUT2D eigenvalue weighted by molar-refractivity contribution is -0.136. The Morgan fingerprint density at radius 2 is 1.96 bits per heavy atom. The molecule has 0 N–H and O–H groups in total. The fraction of sp³-hybridized carbons (Fsp3) is 0.316. The molecule has 1 heterocycles. The molecular formula is C19H19BrFNO4S. The first-order chi connectivity index (χ1) is 12.8. The molecule has 2 aromatic carbocycles. The third-order valence-corrected chi connectivity index (χ3v) is 6.65. The summed E-state index contributed by atoms with van der Waals surface area (Å²) in [4.78, 5) is 14.3. The highest BCUT2D eigenvalue weighted by atomic mass is 79.9. The van der Waals surface area contributed by atoms with Gasteiger partial charge in [-0.25, -0.2) is 12.8 Å². The van der Waals surface area contributed by atoms with E-state index in [0.717, 1.165) is 5.56 Å². The van der Waals surface area contributed by atoms with E-state index in [1.54, 1.807) is 6.07 Å². The van der Waals surface area contributed by atoms with Crippen molar-refractivity contribution in [2.45, 2.75) is 19.0 Å². The average molecular weight is 456 g/mol. The van der Waals surface area contributed by atoms with Crippen molar-refractivity contribution in [1.29, 1.82) is 0 Å². The van der Waals surface area contributed by atoms with Gasteiger partial charge in [0.1, 0.15) is 0 Å². The molecule has 144 valence electrons. The van der Waals surface area contributed by atoms with E-state index in [-0.39, 0.29) is 36.3 Å². The van der Waals surface area contributed by atoms with Crippen molar-refractivity contribution in [2.24, 2.45) is 0 Å². The van der Waals surface area contributed by atoms with Crippen LogP contribution in [0.25, 0.3) is 0 Å². The zero-order valence-electron chi connectivity index (χ0n) is 14.5. The number of amides is 1. The minimum Gasteiger partial charge on any atom is -0.481 e. The van der Waals surface area contributed by atoms with Crippen LogP contribution >= 0.6 is 15.9 Å². The lowest BCUT2D eigenvalue weighted by atomic mass is 10.1. The molecule has 3 rings (SSSR count). The summed E-state index contributed by atoms with van der Waals surface area (Å²) in [5.41, 5.74) is 0.893. The van der Waals surface area contributed by atoms with Gasteiger partial charge >= 0.3 is 0 Å². The fourth-order valence-corrected chi connectivity index (χ4v) is 5.10. The average Bonchev–Trinajstić information content (AvgIpc) is 2.99. The number of ether oxygens (including phenoxy) is 1. The second kappa shape index (κ2) is 8.39. The fourth-order valence-electron chi connectivity index (χ4n) is 3.04. The Morgan fingerprint density at radius 3 is 2.59 bits per heavy atom. The molecule has 5 nitrogen and oxygen atoms in total. The molecule has 0 radical (unpaired) electrons. The number of hydrogen-bond donors (Lipinski definition) is 0. The lowest BCUT2D eigenvalue weighted by Gasteiger charge is -2.28. The SMILES string of the molecule is O=C(COc1ccc(Br)cc1F)N(Cc1ccccc1)[C@H]1CCS(=O)(=O)C1. The zero-order valence-corrected chi connectivity index (χ0v) is 16.9. The van der Waals surface area contributed by atoms with Gasteiger partial charge in [0.25, 0.3) is 5.91 Å². The minimum absolute atomic E-state index is 0.0229. The Morgan fingerprint density at radius 1 is 1.22 bits per heavy atom. The molecule has 0 aromatic heterocycles. The summed E-state index contributed by atoms with van der Waals surface area (Å²) < 4.78 is 43.5. The molecule has 8 heteroatoms. The Balaban J connectivity index is 1.74. The first-order valence-corrected chi connectivity index (χ1v) is 11.1. The summed E-state index contributed by atoms with van der Waals surface area (Å²) >= 11 is 3.16. The number of carbonyl (C=O) groups excluding carboxylic acids is 1. The predicted octanol–water partition coefficient (Wildman–Crippen LogP) is 3.18. The van der Waals surface area contributed by atoms with Crippen molar-refractivity contribution in [2.75, 3.05) is 18.1 Å². The third-order valence-electron chi connectivity index (χ3n) is 4.41. The van der Waals surface area contributed by atoms with Crippen LogP contribution in [0.4, 0.5) is 4.39 Å². The van der Waals surface area contributed by atoms with E-state index in [4.69, 9.17) is 4.74 Å². The predicted molar refractivity (Wildman–Crippen MR) is 104 cm³/mol. The Bertz CT molecular complexity index is 921. The van der Waals surface area contributed by atoms with Gasteiger partial charge in [-0.2, -0.15) is 0 Å². The summed E-state index contributed by atoms with van der Waals surface area (Å²) in [5, 5.41) is 0. The van der Waals surface area contributed by atoms with Crippen molar-refractivity contribution in [3.05, 3.63) is 64.4 Å². The maximum atomic E-state index is 13.9. The molecule has 1 amide bonds. The van der Waals surface area contributed by atoms with Crippen LogP contribution in [0.15, 0.2) is 53.0 Å². The van der Waals surface area contributed by atoms with E-state index < -0.39 is 21.7 Å². The highest BCUT2D eigenvalue weighted by Crippen LogP contribution is 2.23. The number of carbonyl (C=O) groups is 1. The third kappa shape index (κ3) is 5.29. The maximum absolute atomic E-state index is 13.9. The number of nitrogens with zero attached hydrogens (tertiary/aromatic N) is 1. The molecule has 1 aliphatic heterocycles. The van der Waals surface area contributed by atoms with Gasteiger partial charge in [0.2, 0.25) is 0 Å². The topological polar surface area (TPSA) is 63.7 Å². The maximum Gasteiger partial charge on any atom is 0.261 e. The number of halogens is 2. The second-order valence-corrected chi connectivity index (χ2v) is 9.57. The van der Waals surface area contributed by atoms with Gasteiger partial charge in [-0.15, -0.1) is 0 Å². The van der Waals surface area contributed by atoms with Gasteiger partial charge in [-0.05, 0) is 30.2 Å². The van der Waals surface area contributed by atoms with Crippen LogP contribution in [-0.2, 0) is 21.2 Å². The first-order valence-electron chi connectivity index (χ1n) is 8.46. The van der Waals surface area contributed by atoms with Crippen LogP contribution in [0.5, 0.6) is 5.75 Å². The molecular weight excluding hydrogens is 437 g/mol. The molecule has 1 aliphatic rings. The van der Waals surface area contributed by atoms with E-state index in [9.17, 15) is 17.6 Å². The number of hydrogen-bond acceptors (Lipinski definition) is 4. The molecule has 0 bridgehead atoms. The van der Waals surface area contributed by atoms with Crippen LogP contribution in [0.2, 0.25) is 0 Å². The number of rotatable bonds is 6. The molecule has 1 saturated heterocycles. The van der Waals surface area contributed by atoms with Crippen LogP contribution in [0.1, 0.15) is 12.0 Å².